The van der Waals surface area contributed by atoms with Gasteiger partial charge in [-0.1, -0.05) is 55.0 Å². The number of aliphatic hydroxyl groups is 1. The van der Waals surface area contributed by atoms with Crippen LogP contribution in [0.5, 0.6) is 11.5 Å². The molecule has 0 spiro atoms. The summed E-state index contributed by atoms with van der Waals surface area (Å²) in [4.78, 5) is 11.7. The molecule has 3 aromatic rings. The SMILES string of the molecule is C[C@@](O)(NCCOc1ccc(-c2ccc(C(=O)O)c(OC3CCCCC3)c2)cc1)c1ccccc1.Cl. The van der Waals surface area contributed by atoms with Gasteiger partial charge in [-0.25, -0.2) is 4.79 Å². The highest BCUT2D eigenvalue weighted by Gasteiger charge is 2.21. The maximum absolute atomic E-state index is 11.7. The van der Waals surface area contributed by atoms with Crippen molar-refractivity contribution in [1.29, 1.82) is 0 Å². The maximum atomic E-state index is 11.7. The van der Waals surface area contributed by atoms with Crippen molar-refractivity contribution in [2.24, 2.45) is 0 Å². The summed E-state index contributed by atoms with van der Waals surface area (Å²) >= 11 is 0. The van der Waals surface area contributed by atoms with Crippen LogP contribution in [0, 0.1) is 0 Å². The number of carboxylic acids is 1. The summed E-state index contributed by atoms with van der Waals surface area (Å²) in [6.07, 6.45) is 5.45. The fourth-order valence-electron chi connectivity index (χ4n) is 4.41. The van der Waals surface area contributed by atoms with E-state index in [4.69, 9.17) is 9.47 Å². The second-order valence-electron chi connectivity index (χ2n) is 9.13. The summed E-state index contributed by atoms with van der Waals surface area (Å²) in [7, 11) is 0. The van der Waals surface area contributed by atoms with E-state index >= 15 is 0 Å². The Morgan fingerprint density at radius 1 is 0.972 bits per heavy atom. The summed E-state index contributed by atoms with van der Waals surface area (Å²) in [5, 5.41) is 23.3. The number of hydrogen-bond donors (Lipinski definition) is 3. The van der Waals surface area contributed by atoms with E-state index in [1.165, 1.54) is 6.42 Å². The van der Waals surface area contributed by atoms with Crippen LogP contribution in [-0.2, 0) is 5.72 Å². The number of halogens is 1. The van der Waals surface area contributed by atoms with Crippen molar-refractivity contribution in [3.8, 4) is 22.6 Å². The number of rotatable bonds is 10. The molecule has 0 heterocycles. The second-order valence-corrected chi connectivity index (χ2v) is 9.13. The Hall–Kier alpha value is -3.06. The lowest BCUT2D eigenvalue weighted by atomic mass is 9.97. The topological polar surface area (TPSA) is 88.0 Å². The number of hydrogen-bond acceptors (Lipinski definition) is 5. The number of ether oxygens (including phenoxy) is 2. The number of carbonyl (C=O) groups is 1. The molecule has 1 fully saturated rings. The molecule has 7 heteroatoms. The van der Waals surface area contributed by atoms with Crippen molar-refractivity contribution in [3.05, 3.63) is 83.9 Å². The lowest BCUT2D eigenvalue weighted by Gasteiger charge is -2.25. The van der Waals surface area contributed by atoms with Gasteiger partial charge in [-0.05, 0) is 73.6 Å². The van der Waals surface area contributed by atoms with Crippen LogP contribution in [-0.4, -0.2) is 35.4 Å². The van der Waals surface area contributed by atoms with Crippen LogP contribution in [0.4, 0.5) is 0 Å². The van der Waals surface area contributed by atoms with Crippen LogP contribution in [0.25, 0.3) is 11.1 Å². The van der Waals surface area contributed by atoms with Crippen molar-refractivity contribution < 1.29 is 24.5 Å². The third-order valence-corrected chi connectivity index (χ3v) is 6.42. The Kier molecular flexibility index (Phi) is 9.76. The van der Waals surface area contributed by atoms with Gasteiger partial charge in [-0.2, -0.15) is 0 Å². The third kappa shape index (κ3) is 7.23. The number of nitrogens with one attached hydrogen (secondary N) is 1. The molecular weight excluding hydrogens is 478 g/mol. The smallest absolute Gasteiger partial charge is 0.339 e. The van der Waals surface area contributed by atoms with Gasteiger partial charge in [0.1, 0.15) is 29.4 Å². The van der Waals surface area contributed by atoms with Gasteiger partial charge in [0.25, 0.3) is 0 Å². The molecule has 0 aromatic heterocycles. The summed E-state index contributed by atoms with van der Waals surface area (Å²) in [5.74, 6) is 0.167. The highest BCUT2D eigenvalue weighted by Crippen LogP contribution is 2.31. The molecule has 0 radical (unpaired) electrons. The summed E-state index contributed by atoms with van der Waals surface area (Å²) in [5.41, 5.74) is 1.71. The molecule has 3 aromatic carbocycles. The zero-order valence-electron chi connectivity index (χ0n) is 20.5. The molecule has 0 saturated heterocycles. The van der Waals surface area contributed by atoms with Gasteiger partial charge in [0.15, 0.2) is 0 Å². The quantitative estimate of drug-likeness (QED) is 0.228. The first kappa shape index (κ1) is 27.5. The van der Waals surface area contributed by atoms with Crippen LogP contribution in [0.1, 0.15) is 54.9 Å². The highest BCUT2D eigenvalue weighted by molar-refractivity contribution is 5.92. The molecule has 36 heavy (non-hydrogen) atoms. The van der Waals surface area contributed by atoms with Crippen LogP contribution in [0.15, 0.2) is 72.8 Å². The monoisotopic (exact) mass is 511 g/mol. The normalized spacial score (nSPS) is 15.4. The average molecular weight is 512 g/mol. The van der Waals surface area contributed by atoms with Gasteiger partial charge in [0.2, 0.25) is 0 Å². The summed E-state index contributed by atoms with van der Waals surface area (Å²) in [6, 6.07) is 22.4. The first-order chi connectivity index (χ1) is 16.9. The van der Waals surface area contributed by atoms with Gasteiger partial charge >= 0.3 is 5.97 Å². The number of carboxylic acid groups (broad SMARTS) is 1. The van der Waals surface area contributed by atoms with Crippen molar-refractivity contribution in [1.82, 2.24) is 5.32 Å². The van der Waals surface area contributed by atoms with Crippen molar-refractivity contribution >= 4 is 18.4 Å². The third-order valence-electron chi connectivity index (χ3n) is 6.42. The van der Waals surface area contributed by atoms with E-state index in [-0.39, 0.29) is 24.1 Å². The molecule has 0 amide bonds. The first-order valence-corrected chi connectivity index (χ1v) is 12.2. The Morgan fingerprint density at radius 2 is 1.64 bits per heavy atom. The van der Waals surface area contributed by atoms with E-state index in [0.29, 0.717) is 18.9 Å². The van der Waals surface area contributed by atoms with Crippen LogP contribution < -0.4 is 14.8 Å². The van der Waals surface area contributed by atoms with E-state index in [0.717, 1.165) is 48.1 Å². The van der Waals surface area contributed by atoms with Crippen LogP contribution in [0.2, 0.25) is 0 Å². The molecule has 0 bridgehead atoms. The van der Waals surface area contributed by atoms with E-state index in [1.54, 1.807) is 13.0 Å². The molecule has 0 unspecified atom stereocenters. The molecule has 192 valence electrons. The van der Waals surface area contributed by atoms with Crippen LogP contribution >= 0.6 is 12.4 Å². The van der Waals surface area contributed by atoms with Gasteiger partial charge in [-0.3, -0.25) is 5.32 Å². The molecule has 3 N–H and O–H groups in total. The molecular formula is C29H34ClNO5. The van der Waals surface area contributed by atoms with Crippen molar-refractivity contribution in [2.45, 2.75) is 50.9 Å². The van der Waals surface area contributed by atoms with Gasteiger partial charge in [0.05, 0.1) is 6.10 Å². The zero-order valence-corrected chi connectivity index (χ0v) is 21.3. The molecule has 4 rings (SSSR count). The predicted molar refractivity (Wildman–Crippen MR) is 143 cm³/mol. The molecule has 0 aliphatic heterocycles. The minimum atomic E-state index is -1.13. The Labute approximate surface area is 218 Å². The Morgan fingerprint density at radius 3 is 2.31 bits per heavy atom. The second kappa shape index (κ2) is 12.8. The Balaban J connectivity index is 0.00000361. The van der Waals surface area contributed by atoms with Gasteiger partial charge in [0, 0.05) is 6.54 Å². The molecule has 6 nitrogen and oxygen atoms in total. The molecule has 1 aliphatic carbocycles. The summed E-state index contributed by atoms with van der Waals surface area (Å²) in [6.45, 7) is 2.59. The number of benzene rings is 3. The Bertz CT molecular complexity index is 1110. The summed E-state index contributed by atoms with van der Waals surface area (Å²) < 4.78 is 12.0. The first-order valence-electron chi connectivity index (χ1n) is 12.2. The van der Waals surface area contributed by atoms with E-state index < -0.39 is 11.7 Å². The van der Waals surface area contributed by atoms with Crippen molar-refractivity contribution in [3.63, 3.8) is 0 Å². The van der Waals surface area contributed by atoms with Crippen molar-refractivity contribution in [2.75, 3.05) is 13.2 Å². The molecule has 1 saturated carbocycles. The highest BCUT2D eigenvalue weighted by atomic mass is 35.5. The van der Waals surface area contributed by atoms with E-state index in [1.807, 2.05) is 66.7 Å². The van der Waals surface area contributed by atoms with E-state index in [9.17, 15) is 15.0 Å². The fraction of sp³-hybridized carbons (Fsp3) is 0.345. The fourth-order valence-corrected chi connectivity index (χ4v) is 4.41. The largest absolute Gasteiger partial charge is 0.492 e. The molecule has 1 aliphatic rings. The average Bonchev–Trinajstić information content (AvgIpc) is 2.88. The van der Waals surface area contributed by atoms with Gasteiger partial charge in [-0.15, -0.1) is 12.4 Å². The number of aromatic carboxylic acids is 1. The minimum Gasteiger partial charge on any atom is -0.492 e. The van der Waals surface area contributed by atoms with E-state index in [2.05, 4.69) is 5.32 Å². The lowest BCUT2D eigenvalue weighted by Crippen LogP contribution is -2.41. The predicted octanol–water partition coefficient (Wildman–Crippen LogP) is 6.02. The lowest BCUT2D eigenvalue weighted by molar-refractivity contribution is 0.0169. The van der Waals surface area contributed by atoms with Crippen LogP contribution in [0.3, 0.4) is 0 Å². The zero-order chi connectivity index (χ0) is 24.7. The van der Waals surface area contributed by atoms with Gasteiger partial charge < -0.3 is 19.7 Å². The minimum absolute atomic E-state index is 0. The molecule has 1 atom stereocenters. The standard InChI is InChI=1S/C29H33NO5.ClH/c1-29(33,23-8-4-2-5-9-23)30-18-19-34-24-15-12-21(13-16-24)22-14-17-26(28(31)32)27(20-22)35-25-10-6-3-7-11-25;/h2,4-5,8-9,12-17,20,25,30,33H,3,6-7,10-11,18-19H2,1H3,(H,31,32);1H/t29-;/m0./s1. The maximum Gasteiger partial charge on any atom is 0.339 e.